The van der Waals surface area contributed by atoms with E-state index in [0.717, 1.165) is 22.6 Å². The fraction of sp³-hybridized carbons (Fsp3) is 0.667. The Bertz CT molecular complexity index is 730. The van der Waals surface area contributed by atoms with Gasteiger partial charge in [0.15, 0.2) is 0 Å². The number of hydrogen-bond donors (Lipinski definition) is 0. The van der Waals surface area contributed by atoms with Crippen LogP contribution in [0.2, 0.25) is 0 Å². The Labute approximate surface area is 245 Å². The van der Waals surface area contributed by atoms with Crippen molar-refractivity contribution in [3.05, 3.63) is 48.6 Å². The minimum Gasteiger partial charge on any atom is -0.418 e. The standard InChI is InChI=1S/C22H36P2.C8H12.BF4.Rh/c1-5-17-13-14-18(6-2)23(17)21-11-9-10-12-22(21)24-19(7-3)15-16-20(24)8-4;1-2-4-6-8-7-5-3-1;2-1(3,4)5;/h9-12,17-20H,5-8,13-16H2,1-4H3;1-2,7-8H,3-6H2;;/q;;-1;/b;2-1-,8-7-;;. The van der Waals surface area contributed by atoms with Crippen molar-refractivity contribution in [1.82, 2.24) is 0 Å². The number of hydrogen-bond acceptors (Lipinski definition) is 0. The summed E-state index contributed by atoms with van der Waals surface area (Å²) in [5, 5.41) is 3.68. The van der Waals surface area contributed by atoms with Crippen LogP contribution in [0.5, 0.6) is 0 Å². The zero-order chi connectivity index (χ0) is 27.3. The first-order chi connectivity index (χ1) is 17.7. The summed E-state index contributed by atoms with van der Waals surface area (Å²) in [4.78, 5) is 0. The third-order valence-corrected chi connectivity index (χ3v) is 15.6. The summed E-state index contributed by atoms with van der Waals surface area (Å²) in [6.45, 7) is 9.74. The minimum atomic E-state index is -6.00. The molecule has 2 aliphatic heterocycles. The maximum Gasteiger partial charge on any atom is 0.673 e. The van der Waals surface area contributed by atoms with E-state index in [0.29, 0.717) is 0 Å². The zero-order valence-electron chi connectivity index (χ0n) is 23.7. The van der Waals surface area contributed by atoms with Gasteiger partial charge in [0, 0.05) is 19.5 Å². The van der Waals surface area contributed by atoms with Crippen molar-refractivity contribution < 1.29 is 36.7 Å². The average Bonchev–Trinajstić information content (AvgIpc) is 3.46. The molecule has 0 nitrogen and oxygen atoms in total. The SMILES string of the molecule is C1=C\CC/C=C\CC/1.CCC1CCC(CC)P1c1ccccc1P1C(CC)CCC1CC.F[B-](F)(F)F.[Rh]. The molecule has 0 aromatic heterocycles. The summed E-state index contributed by atoms with van der Waals surface area (Å²) in [7, 11) is -5.87. The van der Waals surface area contributed by atoms with Crippen molar-refractivity contribution in [3.8, 4) is 0 Å². The molecule has 2 fully saturated rings. The van der Waals surface area contributed by atoms with Gasteiger partial charge >= 0.3 is 7.25 Å². The van der Waals surface area contributed by atoms with Crippen LogP contribution in [0.1, 0.15) is 105 Å². The Hall–Kier alpha value is -0.0317. The molecule has 38 heavy (non-hydrogen) atoms. The van der Waals surface area contributed by atoms with Gasteiger partial charge in [0.1, 0.15) is 0 Å². The molecule has 0 N–H and O–H groups in total. The second-order valence-corrected chi connectivity index (χ2v) is 15.8. The number of benzene rings is 1. The van der Waals surface area contributed by atoms with Gasteiger partial charge in [-0.2, -0.15) is 0 Å². The molecule has 219 valence electrons. The van der Waals surface area contributed by atoms with E-state index in [-0.39, 0.29) is 35.3 Å². The number of rotatable bonds is 6. The monoisotopic (exact) mass is 660 g/mol. The van der Waals surface area contributed by atoms with Crippen molar-refractivity contribution >= 4 is 33.7 Å². The van der Waals surface area contributed by atoms with Crippen molar-refractivity contribution in [1.29, 1.82) is 0 Å². The van der Waals surface area contributed by atoms with E-state index in [9.17, 15) is 17.3 Å². The zero-order valence-corrected chi connectivity index (χ0v) is 27.2. The van der Waals surface area contributed by atoms with E-state index < -0.39 is 7.25 Å². The van der Waals surface area contributed by atoms with E-state index in [1.807, 2.05) is 10.6 Å². The van der Waals surface area contributed by atoms with E-state index in [1.165, 1.54) is 77.0 Å². The molecule has 0 amide bonds. The number of halogens is 4. The van der Waals surface area contributed by atoms with Crippen molar-refractivity contribution in [2.75, 3.05) is 0 Å². The summed E-state index contributed by atoms with van der Waals surface area (Å²) in [6.07, 6.45) is 25.5. The van der Waals surface area contributed by atoms with Gasteiger partial charge in [-0.1, -0.05) is 92.1 Å². The minimum absolute atomic E-state index is 0. The molecule has 4 atom stereocenters. The Morgan fingerprint density at radius 1 is 0.579 bits per heavy atom. The largest absolute Gasteiger partial charge is 0.673 e. The first kappa shape index (κ1) is 36.0. The Balaban J connectivity index is 0.000000427. The summed E-state index contributed by atoms with van der Waals surface area (Å²) < 4.78 is 39.0. The fourth-order valence-electron chi connectivity index (χ4n) is 6.07. The first-order valence-corrected chi connectivity index (χ1v) is 17.5. The van der Waals surface area contributed by atoms with Crippen LogP contribution in [0.25, 0.3) is 0 Å². The maximum absolute atomic E-state index is 9.75. The second-order valence-electron chi connectivity index (χ2n) is 10.3. The van der Waals surface area contributed by atoms with Gasteiger partial charge in [0.05, 0.1) is 0 Å². The quantitative estimate of drug-likeness (QED) is 0.123. The molecule has 4 unspecified atom stereocenters. The van der Waals surface area contributed by atoms with Gasteiger partial charge in [-0.25, -0.2) is 0 Å². The molecule has 0 spiro atoms. The fourth-order valence-corrected chi connectivity index (χ4v) is 14.0. The van der Waals surface area contributed by atoms with Crippen LogP contribution in [0, 0.1) is 0 Å². The van der Waals surface area contributed by atoms with Crippen LogP contribution in [0.4, 0.5) is 17.3 Å². The van der Waals surface area contributed by atoms with Gasteiger partial charge < -0.3 is 17.3 Å². The molecule has 0 bridgehead atoms. The normalized spacial score (nSPS) is 30.4. The van der Waals surface area contributed by atoms with Crippen LogP contribution < -0.4 is 10.6 Å². The van der Waals surface area contributed by atoms with Crippen LogP contribution in [-0.2, 0) is 19.5 Å². The third-order valence-electron chi connectivity index (χ3n) is 7.90. The van der Waals surface area contributed by atoms with Gasteiger partial charge in [-0.05, 0) is 110 Å². The summed E-state index contributed by atoms with van der Waals surface area (Å²) in [5.74, 6) is 0. The maximum atomic E-state index is 9.75. The van der Waals surface area contributed by atoms with Crippen LogP contribution in [0.15, 0.2) is 48.6 Å². The topological polar surface area (TPSA) is 0 Å². The van der Waals surface area contributed by atoms with Crippen molar-refractivity contribution in [3.63, 3.8) is 0 Å². The predicted molar refractivity (Wildman–Crippen MR) is 161 cm³/mol. The van der Waals surface area contributed by atoms with Gasteiger partial charge in [0.2, 0.25) is 0 Å². The van der Waals surface area contributed by atoms with Crippen LogP contribution >= 0.6 is 15.8 Å². The van der Waals surface area contributed by atoms with Gasteiger partial charge in [-0.3, -0.25) is 0 Å². The molecule has 1 radical (unpaired) electrons. The molecule has 1 aromatic rings. The van der Waals surface area contributed by atoms with Crippen molar-refractivity contribution in [2.24, 2.45) is 0 Å². The molecule has 4 rings (SSSR count). The van der Waals surface area contributed by atoms with E-state index in [2.05, 4.69) is 76.3 Å². The Morgan fingerprint density at radius 3 is 1.03 bits per heavy atom. The number of allylic oxidation sites excluding steroid dienone is 4. The third kappa shape index (κ3) is 11.8. The van der Waals surface area contributed by atoms with E-state index >= 15 is 0 Å². The van der Waals surface area contributed by atoms with Crippen molar-refractivity contribution in [2.45, 2.75) is 127 Å². The summed E-state index contributed by atoms with van der Waals surface area (Å²) in [6, 6.07) is 9.79. The van der Waals surface area contributed by atoms with Crippen LogP contribution in [-0.4, -0.2) is 29.9 Å². The van der Waals surface area contributed by atoms with Gasteiger partial charge in [-0.15, -0.1) is 0 Å². The Morgan fingerprint density at radius 2 is 0.816 bits per heavy atom. The molecule has 1 aromatic carbocycles. The molecular weight excluding hydrogens is 612 g/mol. The molecule has 3 aliphatic rings. The average molecular weight is 660 g/mol. The molecular formula is C30H48BF4P2Rh-. The molecule has 2 heterocycles. The molecule has 1 aliphatic carbocycles. The van der Waals surface area contributed by atoms with Crippen LogP contribution in [0.3, 0.4) is 0 Å². The van der Waals surface area contributed by atoms with E-state index in [4.69, 9.17) is 0 Å². The predicted octanol–water partition coefficient (Wildman–Crippen LogP) is 10.6. The molecule has 0 saturated carbocycles. The second kappa shape index (κ2) is 19.2. The van der Waals surface area contributed by atoms with E-state index in [1.54, 1.807) is 0 Å². The molecule has 2 saturated heterocycles. The summed E-state index contributed by atoms with van der Waals surface area (Å²) >= 11 is 0. The summed E-state index contributed by atoms with van der Waals surface area (Å²) in [5.41, 5.74) is 3.96. The molecule has 8 heteroatoms. The van der Waals surface area contributed by atoms with Gasteiger partial charge in [0.25, 0.3) is 0 Å². The first-order valence-electron chi connectivity index (χ1n) is 14.6. The smallest absolute Gasteiger partial charge is 0.418 e. The Kier molecular flexibility index (Phi) is 18.1.